The molecule has 3 heterocycles. The van der Waals surface area contributed by atoms with E-state index in [-0.39, 0.29) is 12.6 Å². The molecule has 0 radical (unpaired) electrons. The number of aromatic nitrogens is 3. The molecule has 0 aliphatic carbocycles. The third-order valence-electron chi connectivity index (χ3n) is 5.74. The fourth-order valence-corrected chi connectivity index (χ4v) is 4.19. The number of fused-ring (bicyclic) bond motifs is 1. The molecule has 0 fully saturated rings. The molecule has 3 aromatic heterocycles. The van der Waals surface area contributed by atoms with Crippen LogP contribution in [-0.4, -0.2) is 27.5 Å². The summed E-state index contributed by atoms with van der Waals surface area (Å²) in [6, 6.07) is 27.9. The summed E-state index contributed by atoms with van der Waals surface area (Å²) < 4.78 is 5.45. The van der Waals surface area contributed by atoms with Crippen molar-refractivity contribution in [1.29, 1.82) is 0 Å². The monoisotopic (exact) mass is 445 g/mol. The minimum absolute atomic E-state index is 0.289. The molecule has 1 atom stereocenters. The molecule has 5 aromatic rings. The van der Waals surface area contributed by atoms with Crippen LogP contribution in [0.3, 0.4) is 0 Å². The zero-order chi connectivity index (χ0) is 23.3. The molecular weight excluding hydrogens is 422 g/mol. The zero-order valence-electron chi connectivity index (χ0n) is 18.8. The molecule has 0 spiro atoms. The molecule has 5 heteroatoms. The van der Waals surface area contributed by atoms with Crippen LogP contribution >= 0.6 is 0 Å². The van der Waals surface area contributed by atoms with E-state index in [9.17, 15) is 4.79 Å². The minimum atomic E-state index is -0.681. The highest BCUT2D eigenvalue weighted by molar-refractivity contribution is 5.95. The first-order valence-corrected chi connectivity index (χ1v) is 11.2. The van der Waals surface area contributed by atoms with E-state index in [4.69, 9.17) is 9.72 Å². The first-order valence-electron chi connectivity index (χ1n) is 11.2. The van der Waals surface area contributed by atoms with Gasteiger partial charge in [0.05, 0.1) is 23.5 Å². The second-order valence-electron chi connectivity index (χ2n) is 7.85. The molecule has 0 amide bonds. The summed E-state index contributed by atoms with van der Waals surface area (Å²) in [7, 11) is 0. The number of hydrogen-bond acceptors (Lipinski definition) is 5. The van der Waals surface area contributed by atoms with E-state index < -0.39 is 5.92 Å². The average Bonchev–Trinajstić information content (AvgIpc) is 2.90. The predicted octanol–water partition coefficient (Wildman–Crippen LogP) is 6.05. The van der Waals surface area contributed by atoms with Crippen molar-refractivity contribution in [1.82, 2.24) is 15.0 Å². The van der Waals surface area contributed by atoms with Crippen LogP contribution in [0.15, 0.2) is 104 Å². The Morgan fingerprint density at radius 3 is 2.21 bits per heavy atom. The second-order valence-corrected chi connectivity index (χ2v) is 7.85. The fourth-order valence-electron chi connectivity index (χ4n) is 4.19. The molecule has 1 unspecified atom stereocenters. The number of esters is 1. The largest absolute Gasteiger partial charge is 0.465 e. The average molecular weight is 446 g/mol. The number of ether oxygens (including phenoxy) is 1. The van der Waals surface area contributed by atoms with E-state index in [1.54, 1.807) is 25.5 Å². The molecule has 0 saturated carbocycles. The van der Waals surface area contributed by atoms with Crippen molar-refractivity contribution in [2.45, 2.75) is 12.8 Å². The standard InChI is InChI=1S/C29H23N3O2/c1-2-34-29(33)26(21-13-16-30-17-14-21)28-24-19-23(20-9-5-3-6-10-20)27(22-11-7-4-8-12-22)32-25(24)15-18-31-28/h3-19,26H,2H2,1H3. The third kappa shape index (κ3) is 4.16. The molecule has 0 N–H and O–H groups in total. The molecule has 0 aliphatic rings. The van der Waals surface area contributed by atoms with Crippen LogP contribution in [0.2, 0.25) is 0 Å². The van der Waals surface area contributed by atoms with Gasteiger partial charge in [-0.1, -0.05) is 60.7 Å². The predicted molar refractivity (Wildman–Crippen MR) is 133 cm³/mol. The van der Waals surface area contributed by atoms with Crippen LogP contribution in [-0.2, 0) is 9.53 Å². The van der Waals surface area contributed by atoms with Crippen molar-refractivity contribution in [3.63, 3.8) is 0 Å². The van der Waals surface area contributed by atoms with Crippen LogP contribution in [0.25, 0.3) is 33.3 Å². The SMILES string of the molecule is CCOC(=O)C(c1ccncc1)c1nccc2nc(-c3ccccc3)c(-c3ccccc3)cc12. The first-order chi connectivity index (χ1) is 16.8. The van der Waals surface area contributed by atoms with E-state index in [2.05, 4.69) is 40.3 Å². The maximum atomic E-state index is 13.1. The Balaban J connectivity index is 1.78. The summed E-state index contributed by atoms with van der Waals surface area (Å²) >= 11 is 0. The number of hydrogen-bond donors (Lipinski definition) is 0. The van der Waals surface area contributed by atoms with Crippen molar-refractivity contribution in [2.24, 2.45) is 0 Å². The normalized spacial score (nSPS) is 11.8. The van der Waals surface area contributed by atoms with Gasteiger partial charge in [0.2, 0.25) is 0 Å². The quantitative estimate of drug-likeness (QED) is 0.298. The summed E-state index contributed by atoms with van der Waals surface area (Å²) in [6.45, 7) is 2.09. The molecule has 0 bridgehead atoms. The third-order valence-corrected chi connectivity index (χ3v) is 5.74. The van der Waals surface area contributed by atoms with Crippen LogP contribution < -0.4 is 0 Å². The Labute approximate surface area is 198 Å². The van der Waals surface area contributed by atoms with Gasteiger partial charge in [-0.05, 0) is 42.3 Å². The van der Waals surface area contributed by atoms with Crippen molar-refractivity contribution in [3.8, 4) is 22.4 Å². The number of pyridine rings is 3. The van der Waals surface area contributed by atoms with E-state index in [1.165, 1.54) is 0 Å². The lowest BCUT2D eigenvalue weighted by Gasteiger charge is -2.19. The highest BCUT2D eigenvalue weighted by Gasteiger charge is 2.28. The van der Waals surface area contributed by atoms with Gasteiger partial charge in [0, 0.05) is 35.1 Å². The van der Waals surface area contributed by atoms with Crippen LogP contribution in [0.4, 0.5) is 0 Å². The van der Waals surface area contributed by atoms with Crippen LogP contribution in [0.5, 0.6) is 0 Å². The molecule has 5 nitrogen and oxygen atoms in total. The van der Waals surface area contributed by atoms with E-state index in [0.29, 0.717) is 5.69 Å². The van der Waals surface area contributed by atoms with Crippen molar-refractivity contribution >= 4 is 16.9 Å². The van der Waals surface area contributed by atoms with Gasteiger partial charge in [-0.3, -0.25) is 14.8 Å². The zero-order valence-corrected chi connectivity index (χ0v) is 18.8. The van der Waals surface area contributed by atoms with Gasteiger partial charge in [0.25, 0.3) is 0 Å². The van der Waals surface area contributed by atoms with Gasteiger partial charge in [-0.2, -0.15) is 0 Å². The summed E-state index contributed by atoms with van der Waals surface area (Å²) in [5.41, 5.74) is 6.10. The number of carbonyl (C=O) groups is 1. The van der Waals surface area contributed by atoms with Gasteiger partial charge in [-0.15, -0.1) is 0 Å². The molecule has 166 valence electrons. The molecule has 5 rings (SSSR count). The first kappa shape index (κ1) is 21.5. The van der Waals surface area contributed by atoms with Crippen molar-refractivity contribution in [2.75, 3.05) is 6.61 Å². The summed E-state index contributed by atoms with van der Waals surface area (Å²) in [4.78, 5) is 27.0. The van der Waals surface area contributed by atoms with Gasteiger partial charge in [0.15, 0.2) is 0 Å². The van der Waals surface area contributed by atoms with Gasteiger partial charge >= 0.3 is 5.97 Å². The Kier molecular flexibility index (Phi) is 6.08. The molecular formula is C29H23N3O2. The Bertz CT molecular complexity index is 1420. The van der Waals surface area contributed by atoms with Crippen molar-refractivity contribution < 1.29 is 9.53 Å². The Morgan fingerprint density at radius 2 is 1.53 bits per heavy atom. The molecule has 2 aromatic carbocycles. The molecule has 34 heavy (non-hydrogen) atoms. The lowest BCUT2D eigenvalue weighted by atomic mass is 9.91. The number of nitrogens with zero attached hydrogens (tertiary/aromatic N) is 3. The van der Waals surface area contributed by atoms with Crippen LogP contribution in [0, 0.1) is 0 Å². The van der Waals surface area contributed by atoms with E-state index in [1.807, 2.05) is 54.6 Å². The van der Waals surface area contributed by atoms with Crippen molar-refractivity contribution in [3.05, 3.63) is 115 Å². The number of carbonyl (C=O) groups excluding carboxylic acids is 1. The highest BCUT2D eigenvalue weighted by atomic mass is 16.5. The van der Waals surface area contributed by atoms with E-state index in [0.717, 1.165) is 38.9 Å². The highest BCUT2D eigenvalue weighted by Crippen LogP contribution is 2.36. The summed E-state index contributed by atoms with van der Waals surface area (Å²) in [5, 5.41) is 0.816. The van der Waals surface area contributed by atoms with E-state index >= 15 is 0 Å². The topological polar surface area (TPSA) is 65.0 Å². The van der Waals surface area contributed by atoms with Gasteiger partial charge < -0.3 is 4.74 Å². The molecule has 0 saturated heterocycles. The van der Waals surface area contributed by atoms with Crippen LogP contribution in [0.1, 0.15) is 24.1 Å². The lowest BCUT2D eigenvalue weighted by Crippen LogP contribution is -2.19. The Hall–Kier alpha value is -4.38. The fraction of sp³-hybridized carbons (Fsp3) is 0.103. The van der Waals surface area contributed by atoms with Gasteiger partial charge in [0.1, 0.15) is 5.92 Å². The summed E-state index contributed by atoms with van der Waals surface area (Å²) in [5.74, 6) is -1.03. The Morgan fingerprint density at radius 1 is 0.853 bits per heavy atom. The maximum absolute atomic E-state index is 13.1. The number of rotatable bonds is 6. The minimum Gasteiger partial charge on any atom is -0.465 e. The lowest BCUT2D eigenvalue weighted by molar-refractivity contribution is -0.143. The molecule has 0 aliphatic heterocycles. The number of benzene rings is 2. The maximum Gasteiger partial charge on any atom is 0.319 e. The summed E-state index contributed by atoms with van der Waals surface area (Å²) in [6.07, 6.45) is 5.05. The smallest absolute Gasteiger partial charge is 0.319 e. The second kappa shape index (κ2) is 9.63. The van der Waals surface area contributed by atoms with Gasteiger partial charge in [-0.25, -0.2) is 4.98 Å².